The number of hydrogen-bond acceptors (Lipinski definition) is 5. The highest BCUT2D eigenvalue weighted by molar-refractivity contribution is 7.89. The van der Waals surface area contributed by atoms with Crippen LogP contribution in [0, 0.1) is 22.0 Å². The molecule has 0 radical (unpaired) electrons. The molecule has 23 heavy (non-hydrogen) atoms. The summed E-state index contributed by atoms with van der Waals surface area (Å²) in [6.45, 7) is 0. The summed E-state index contributed by atoms with van der Waals surface area (Å²) in [6, 6.07) is 5.20. The van der Waals surface area contributed by atoms with E-state index in [0.29, 0.717) is 0 Å². The number of nitrogens with one attached hydrogen (secondary N) is 1. The zero-order valence-corrected chi connectivity index (χ0v) is 13.5. The van der Waals surface area contributed by atoms with Crippen molar-refractivity contribution in [3.05, 3.63) is 34.4 Å². The van der Waals surface area contributed by atoms with Gasteiger partial charge in [0.05, 0.1) is 9.82 Å². The third kappa shape index (κ3) is 3.39. The lowest BCUT2D eigenvalue weighted by atomic mass is 9.67. The highest BCUT2D eigenvalue weighted by Gasteiger charge is 2.41. The molecule has 2 aliphatic rings. The van der Waals surface area contributed by atoms with E-state index in [4.69, 9.17) is 5.73 Å². The second kappa shape index (κ2) is 6.18. The first-order valence-electron chi connectivity index (χ1n) is 7.89. The van der Waals surface area contributed by atoms with E-state index in [1.165, 1.54) is 18.2 Å². The molecule has 3 N–H and O–H groups in total. The van der Waals surface area contributed by atoms with Gasteiger partial charge in [-0.25, -0.2) is 13.1 Å². The summed E-state index contributed by atoms with van der Waals surface area (Å²) in [4.78, 5) is 10.2. The number of sulfonamides is 1. The Morgan fingerprint density at radius 1 is 1.22 bits per heavy atom. The Morgan fingerprint density at radius 3 is 2.48 bits per heavy atom. The number of benzene rings is 1. The van der Waals surface area contributed by atoms with Gasteiger partial charge in [0.15, 0.2) is 0 Å². The number of fused-ring (bicyclic) bond motifs is 2. The molecule has 8 heteroatoms. The van der Waals surface area contributed by atoms with Crippen molar-refractivity contribution in [3.63, 3.8) is 0 Å². The molecule has 0 spiro atoms. The monoisotopic (exact) mass is 339 g/mol. The minimum absolute atomic E-state index is 0.0559. The molecule has 2 fully saturated rings. The number of non-ortho nitro benzene ring substituents is 1. The van der Waals surface area contributed by atoms with E-state index in [-0.39, 0.29) is 34.5 Å². The largest absolute Gasteiger partial charge is 0.328 e. The fourth-order valence-corrected chi connectivity index (χ4v) is 5.41. The Balaban J connectivity index is 1.84. The molecular formula is C15H21N3O4S. The molecule has 2 atom stereocenters. The fraction of sp³-hybridized carbons (Fsp3) is 0.600. The minimum Gasteiger partial charge on any atom is -0.328 e. The first-order valence-corrected chi connectivity index (χ1v) is 9.37. The van der Waals surface area contributed by atoms with Crippen LogP contribution >= 0.6 is 0 Å². The molecular weight excluding hydrogens is 318 g/mol. The Hall–Kier alpha value is -1.51. The molecule has 1 aromatic rings. The van der Waals surface area contributed by atoms with E-state index in [2.05, 4.69) is 4.72 Å². The summed E-state index contributed by atoms with van der Waals surface area (Å²) >= 11 is 0. The first-order chi connectivity index (χ1) is 10.9. The Morgan fingerprint density at radius 2 is 1.87 bits per heavy atom. The van der Waals surface area contributed by atoms with Crippen LogP contribution in [0.3, 0.4) is 0 Å². The van der Waals surface area contributed by atoms with Crippen LogP contribution in [0.1, 0.15) is 32.1 Å². The Bertz CT molecular complexity index is 692. The van der Waals surface area contributed by atoms with E-state index in [0.717, 1.165) is 38.2 Å². The SMILES string of the molecule is NC1CC2CCCC(C1)C2NS(=O)(=O)c1cccc([N+](=O)[O-])c1. The van der Waals surface area contributed by atoms with Crippen molar-refractivity contribution in [2.75, 3.05) is 0 Å². The maximum absolute atomic E-state index is 12.6. The molecule has 2 bridgehead atoms. The van der Waals surface area contributed by atoms with Crippen molar-refractivity contribution in [3.8, 4) is 0 Å². The summed E-state index contributed by atoms with van der Waals surface area (Å²) in [6.07, 6.45) is 4.73. The van der Waals surface area contributed by atoms with Crippen LogP contribution in [-0.2, 0) is 10.0 Å². The number of hydrogen-bond donors (Lipinski definition) is 2. The molecule has 0 amide bonds. The van der Waals surface area contributed by atoms with Gasteiger partial charge in [-0.1, -0.05) is 12.5 Å². The maximum Gasteiger partial charge on any atom is 0.270 e. The number of rotatable bonds is 4. The van der Waals surface area contributed by atoms with Crippen molar-refractivity contribution >= 4 is 15.7 Å². The quantitative estimate of drug-likeness (QED) is 0.641. The average Bonchev–Trinajstić information content (AvgIpc) is 2.48. The topological polar surface area (TPSA) is 115 Å². The zero-order valence-electron chi connectivity index (χ0n) is 12.7. The molecule has 1 aromatic carbocycles. The molecule has 7 nitrogen and oxygen atoms in total. The molecule has 0 aromatic heterocycles. The van der Waals surface area contributed by atoms with Gasteiger partial charge in [-0.3, -0.25) is 10.1 Å². The van der Waals surface area contributed by atoms with Crippen LogP contribution in [0.15, 0.2) is 29.2 Å². The van der Waals surface area contributed by atoms with Gasteiger partial charge in [0.1, 0.15) is 0 Å². The van der Waals surface area contributed by atoms with Crippen LogP contribution in [0.2, 0.25) is 0 Å². The zero-order chi connectivity index (χ0) is 16.6. The lowest BCUT2D eigenvalue weighted by Gasteiger charge is -2.44. The van der Waals surface area contributed by atoms with Gasteiger partial charge in [0, 0.05) is 24.2 Å². The molecule has 0 aliphatic heterocycles. The first kappa shape index (κ1) is 16.4. The van der Waals surface area contributed by atoms with Crippen LogP contribution in [0.25, 0.3) is 0 Å². The van der Waals surface area contributed by atoms with E-state index in [1.54, 1.807) is 0 Å². The van der Waals surface area contributed by atoms with Crippen LogP contribution < -0.4 is 10.5 Å². The predicted octanol–water partition coefficient (Wildman–Crippen LogP) is 1.78. The van der Waals surface area contributed by atoms with Crippen LogP contribution in [0.5, 0.6) is 0 Å². The molecule has 2 unspecified atom stereocenters. The third-order valence-electron chi connectivity index (χ3n) is 5.01. The summed E-state index contributed by atoms with van der Waals surface area (Å²) in [5.74, 6) is 0.511. The lowest BCUT2D eigenvalue weighted by molar-refractivity contribution is -0.385. The van der Waals surface area contributed by atoms with Gasteiger partial charge in [-0.2, -0.15) is 0 Å². The van der Waals surface area contributed by atoms with Gasteiger partial charge in [0.25, 0.3) is 5.69 Å². The fourth-order valence-electron chi connectivity index (χ4n) is 3.99. The van der Waals surface area contributed by atoms with Crippen molar-refractivity contribution in [1.82, 2.24) is 4.72 Å². The van der Waals surface area contributed by atoms with Gasteiger partial charge in [-0.15, -0.1) is 0 Å². The lowest BCUT2D eigenvalue weighted by Crippen LogP contribution is -2.53. The maximum atomic E-state index is 12.6. The molecule has 0 heterocycles. The van der Waals surface area contributed by atoms with Crippen molar-refractivity contribution < 1.29 is 13.3 Å². The minimum atomic E-state index is -3.77. The van der Waals surface area contributed by atoms with Crippen molar-refractivity contribution in [2.24, 2.45) is 17.6 Å². The molecule has 2 saturated carbocycles. The van der Waals surface area contributed by atoms with Crippen LogP contribution in [0.4, 0.5) is 5.69 Å². The van der Waals surface area contributed by atoms with Gasteiger partial charge >= 0.3 is 0 Å². The van der Waals surface area contributed by atoms with Gasteiger partial charge in [-0.05, 0) is 43.6 Å². The standard InChI is InChI=1S/C15H21N3O4S/c16-12-7-10-3-1-4-11(8-12)15(10)17-23(21,22)14-6-2-5-13(9-14)18(19)20/h2,5-6,9-12,15,17H,1,3-4,7-8,16H2. The number of nitrogens with two attached hydrogens (primary N) is 1. The third-order valence-corrected chi connectivity index (χ3v) is 6.46. The van der Waals surface area contributed by atoms with Gasteiger partial charge < -0.3 is 5.73 Å². The highest BCUT2D eigenvalue weighted by Crippen LogP contribution is 2.40. The molecule has 2 aliphatic carbocycles. The molecule has 0 saturated heterocycles. The van der Waals surface area contributed by atoms with Crippen molar-refractivity contribution in [2.45, 2.75) is 49.1 Å². The van der Waals surface area contributed by atoms with Crippen LogP contribution in [-0.4, -0.2) is 25.4 Å². The Labute approximate surface area is 135 Å². The van der Waals surface area contributed by atoms with Crippen molar-refractivity contribution in [1.29, 1.82) is 0 Å². The number of nitrogens with zero attached hydrogens (tertiary/aromatic N) is 1. The van der Waals surface area contributed by atoms with E-state index in [9.17, 15) is 18.5 Å². The summed E-state index contributed by atoms with van der Waals surface area (Å²) < 4.78 is 28.0. The van der Waals surface area contributed by atoms with E-state index < -0.39 is 14.9 Å². The molecule has 126 valence electrons. The molecule has 3 rings (SSSR count). The Kier molecular flexibility index (Phi) is 4.39. The average molecular weight is 339 g/mol. The van der Waals surface area contributed by atoms with Gasteiger partial charge in [0.2, 0.25) is 10.0 Å². The second-order valence-electron chi connectivity index (χ2n) is 6.58. The van der Waals surface area contributed by atoms with E-state index >= 15 is 0 Å². The number of nitro benzene ring substituents is 1. The second-order valence-corrected chi connectivity index (χ2v) is 8.30. The van der Waals surface area contributed by atoms with E-state index in [1.807, 2.05) is 0 Å². The predicted molar refractivity (Wildman–Crippen MR) is 85.2 cm³/mol. The normalized spacial score (nSPS) is 30.8. The highest BCUT2D eigenvalue weighted by atomic mass is 32.2. The summed E-state index contributed by atoms with van der Waals surface area (Å²) in [5, 5.41) is 10.8. The smallest absolute Gasteiger partial charge is 0.270 e. The summed E-state index contributed by atoms with van der Waals surface area (Å²) in [5.41, 5.74) is 5.84. The summed E-state index contributed by atoms with van der Waals surface area (Å²) in [7, 11) is -3.77. The number of nitro groups is 1.